The van der Waals surface area contributed by atoms with E-state index < -0.39 is 0 Å². The molecule has 134 valence electrons. The molecular formula is C20H25NO4. The summed E-state index contributed by atoms with van der Waals surface area (Å²) in [6.07, 6.45) is 1.08. The van der Waals surface area contributed by atoms with Crippen LogP contribution in [0.4, 0.5) is 0 Å². The lowest BCUT2D eigenvalue weighted by molar-refractivity contribution is -0.121. The van der Waals surface area contributed by atoms with Crippen molar-refractivity contribution in [1.82, 2.24) is 5.32 Å². The summed E-state index contributed by atoms with van der Waals surface area (Å²) in [7, 11) is 1.62. The SMILES string of the molecule is CCOc1ccc(OCCCC(=O)NCc2ccccc2OC)cc1. The zero-order valence-corrected chi connectivity index (χ0v) is 14.8. The lowest BCUT2D eigenvalue weighted by Crippen LogP contribution is -2.23. The minimum Gasteiger partial charge on any atom is -0.496 e. The van der Waals surface area contributed by atoms with Gasteiger partial charge >= 0.3 is 0 Å². The van der Waals surface area contributed by atoms with Crippen LogP contribution in [-0.4, -0.2) is 26.2 Å². The summed E-state index contributed by atoms with van der Waals surface area (Å²) in [5.74, 6) is 2.38. The Morgan fingerprint density at radius 1 is 1.00 bits per heavy atom. The van der Waals surface area contributed by atoms with Crippen molar-refractivity contribution in [3.63, 3.8) is 0 Å². The Morgan fingerprint density at radius 3 is 2.36 bits per heavy atom. The van der Waals surface area contributed by atoms with Crippen LogP contribution in [0.1, 0.15) is 25.3 Å². The summed E-state index contributed by atoms with van der Waals surface area (Å²) in [5.41, 5.74) is 0.962. The Labute approximate surface area is 148 Å². The average Bonchev–Trinajstić information content (AvgIpc) is 2.65. The molecule has 2 rings (SSSR count). The summed E-state index contributed by atoms with van der Waals surface area (Å²) < 4.78 is 16.3. The summed E-state index contributed by atoms with van der Waals surface area (Å²) in [6, 6.07) is 15.1. The van der Waals surface area contributed by atoms with Gasteiger partial charge in [-0.1, -0.05) is 18.2 Å². The van der Waals surface area contributed by atoms with Gasteiger partial charge in [0, 0.05) is 18.5 Å². The van der Waals surface area contributed by atoms with Gasteiger partial charge in [-0.3, -0.25) is 4.79 Å². The minimum atomic E-state index is 0.00111. The zero-order valence-electron chi connectivity index (χ0n) is 14.8. The molecule has 0 aliphatic heterocycles. The molecule has 0 bridgehead atoms. The number of nitrogens with one attached hydrogen (secondary N) is 1. The number of carbonyl (C=O) groups excluding carboxylic acids is 1. The molecule has 0 aliphatic rings. The highest BCUT2D eigenvalue weighted by molar-refractivity contribution is 5.75. The van der Waals surface area contributed by atoms with E-state index in [4.69, 9.17) is 14.2 Å². The Hall–Kier alpha value is -2.69. The van der Waals surface area contributed by atoms with Crippen LogP contribution in [0.5, 0.6) is 17.2 Å². The molecule has 1 N–H and O–H groups in total. The molecule has 0 saturated heterocycles. The molecule has 1 amide bonds. The molecule has 5 heteroatoms. The van der Waals surface area contributed by atoms with Crippen LogP contribution in [0.25, 0.3) is 0 Å². The third kappa shape index (κ3) is 6.37. The van der Waals surface area contributed by atoms with Gasteiger partial charge in [0.15, 0.2) is 0 Å². The van der Waals surface area contributed by atoms with E-state index in [9.17, 15) is 4.79 Å². The highest BCUT2D eigenvalue weighted by atomic mass is 16.5. The molecule has 5 nitrogen and oxygen atoms in total. The average molecular weight is 343 g/mol. The van der Waals surface area contributed by atoms with Gasteiger partial charge < -0.3 is 19.5 Å². The van der Waals surface area contributed by atoms with E-state index in [1.807, 2.05) is 55.5 Å². The van der Waals surface area contributed by atoms with Gasteiger partial charge in [-0.05, 0) is 43.7 Å². The second-order valence-electron chi connectivity index (χ2n) is 5.45. The molecule has 0 fully saturated rings. The van der Waals surface area contributed by atoms with Crippen LogP contribution >= 0.6 is 0 Å². The molecule has 25 heavy (non-hydrogen) atoms. The van der Waals surface area contributed by atoms with Gasteiger partial charge in [-0.15, -0.1) is 0 Å². The monoisotopic (exact) mass is 343 g/mol. The standard InChI is InChI=1S/C20H25NO4/c1-3-24-17-10-12-18(13-11-17)25-14-6-9-20(22)21-15-16-7-4-5-8-19(16)23-2/h4-5,7-8,10-13H,3,6,9,14-15H2,1-2H3,(H,21,22). The van der Waals surface area contributed by atoms with Gasteiger partial charge in [-0.25, -0.2) is 0 Å². The molecule has 0 aromatic heterocycles. The first-order chi connectivity index (χ1) is 12.2. The van der Waals surface area contributed by atoms with Crippen molar-refractivity contribution in [3.8, 4) is 17.2 Å². The van der Waals surface area contributed by atoms with Crippen LogP contribution in [0.3, 0.4) is 0 Å². The van der Waals surface area contributed by atoms with Gasteiger partial charge in [0.25, 0.3) is 0 Å². The number of hydrogen-bond donors (Lipinski definition) is 1. The first-order valence-corrected chi connectivity index (χ1v) is 8.47. The molecular weight excluding hydrogens is 318 g/mol. The molecule has 0 saturated carbocycles. The number of para-hydroxylation sites is 1. The molecule has 0 heterocycles. The maximum absolute atomic E-state index is 11.9. The number of carbonyl (C=O) groups is 1. The van der Waals surface area contributed by atoms with Gasteiger partial charge in [-0.2, -0.15) is 0 Å². The van der Waals surface area contributed by atoms with Crippen molar-refractivity contribution in [2.75, 3.05) is 20.3 Å². The van der Waals surface area contributed by atoms with Crippen LogP contribution in [0.2, 0.25) is 0 Å². The molecule has 2 aromatic rings. The van der Waals surface area contributed by atoms with Crippen molar-refractivity contribution in [3.05, 3.63) is 54.1 Å². The fourth-order valence-electron chi connectivity index (χ4n) is 2.35. The summed E-state index contributed by atoms with van der Waals surface area (Å²) >= 11 is 0. The van der Waals surface area contributed by atoms with E-state index in [-0.39, 0.29) is 5.91 Å². The molecule has 2 aromatic carbocycles. The number of hydrogen-bond acceptors (Lipinski definition) is 4. The van der Waals surface area contributed by atoms with Gasteiger partial charge in [0.05, 0.1) is 20.3 Å². The number of methoxy groups -OCH3 is 1. The summed E-state index contributed by atoms with van der Waals surface area (Å²) in [4.78, 5) is 11.9. The summed E-state index contributed by atoms with van der Waals surface area (Å²) in [6.45, 7) is 3.55. The molecule has 0 atom stereocenters. The highest BCUT2D eigenvalue weighted by Gasteiger charge is 2.05. The van der Waals surface area contributed by atoms with Crippen LogP contribution in [0.15, 0.2) is 48.5 Å². The van der Waals surface area contributed by atoms with Crippen molar-refractivity contribution in [1.29, 1.82) is 0 Å². The van der Waals surface area contributed by atoms with E-state index >= 15 is 0 Å². The first kappa shape index (κ1) is 18.6. The zero-order chi connectivity index (χ0) is 17.9. The van der Waals surface area contributed by atoms with E-state index in [1.165, 1.54) is 0 Å². The number of benzene rings is 2. The van der Waals surface area contributed by atoms with Crippen LogP contribution in [0, 0.1) is 0 Å². The number of amides is 1. The normalized spacial score (nSPS) is 10.2. The van der Waals surface area contributed by atoms with E-state index in [0.29, 0.717) is 32.6 Å². The lowest BCUT2D eigenvalue weighted by Gasteiger charge is -2.10. The van der Waals surface area contributed by atoms with E-state index in [1.54, 1.807) is 7.11 Å². The number of rotatable bonds is 10. The third-order valence-corrected chi connectivity index (χ3v) is 3.62. The molecule has 0 aliphatic carbocycles. The topological polar surface area (TPSA) is 56.8 Å². The maximum Gasteiger partial charge on any atom is 0.220 e. The van der Waals surface area contributed by atoms with Crippen LogP contribution < -0.4 is 19.5 Å². The maximum atomic E-state index is 11.9. The predicted octanol–water partition coefficient (Wildman–Crippen LogP) is 3.57. The van der Waals surface area contributed by atoms with Crippen molar-refractivity contribution in [2.45, 2.75) is 26.3 Å². The summed E-state index contributed by atoms with van der Waals surface area (Å²) in [5, 5.41) is 2.90. The van der Waals surface area contributed by atoms with Crippen molar-refractivity contribution in [2.24, 2.45) is 0 Å². The fraction of sp³-hybridized carbons (Fsp3) is 0.350. The van der Waals surface area contributed by atoms with E-state index in [2.05, 4.69) is 5.32 Å². The van der Waals surface area contributed by atoms with Crippen LogP contribution in [-0.2, 0) is 11.3 Å². The van der Waals surface area contributed by atoms with Gasteiger partial charge in [0.1, 0.15) is 17.2 Å². The van der Waals surface area contributed by atoms with Gasteiger partial charge in [0.2, 0.25) is 5.91 Å². The molecule has 0 spiro atoms. The van der Waals surface area contributed by atoms with E-state index in [0.717, 1.165) is 22.8 Å². The second-order valence-corrected chi connectivity index (χ2v) is 5.45. The fourth-order valence-corrected chi connectivity index (χ4v) is 2.35. The molecule has 0 radical (unpaired) electrons. The Bertz CT molecular complexity index is 655. The highest BCUT2D eigenvalue weighted by Crippen LogP contribution is 2.18. The minimum absolute atomic E-state index is 0.00111. The molecule has 0 unspecified atom stereocenters. The third-order valence-electron chi connectivity index (χ3n) is 3.62. The first-order valence-electron chi connectivity index (χ1n) is 8.47. The smallest absolute Gasteiger partial charge is 0.220 e. The van der Waals surface area contributed by atoms with Crippen molar-refractivity contribution < 1.29 is 19.0 Å². The largest absolute Gasteiger partial charge is 0.496 e. The second kappa shape index (κ2) is 10.2. The lowest BCUT2D eigenvalue weighted by atomic mass is 10.2. The Morgan fingerprint density at radius 2 is 1.68 bits per heavy atom. The predicted molar refractivity (Wildman–Crippen MR) is 97.2 cm³/mol. The Balaban J connectivity index is 1.65. The number of ether oxygens (including phenoxy) is 3. The van der Waals surface area contributed by atoms with Crippen molar-refractivity contribution >= 4 is 5.91 Å². The Kier molecular flexibility index (Phi) is 7.63. The quantitative estimate of drug-likeness (QED) is 0.670.